The maximum atomic E-state index is 12.6. The van der Waals surface area contributed by atoms with Crippen molar-refractivity contribution in [3.8, 4) is 0 Å². The number of amides is 2. The number of sulfonamides is 1. The van der Waals surface area contributed by atoms with Crippen molar-refractivity contribution in [3.05, 3.63) is 29.3 Å². The van der Waals surface area contributed by atoms with Crippen molar-refractivity contribution in [3.63, 3.8) is 0 Å². The lowest BCUT2D eigenvalue weighted by atomic mass is 10.1. The van der Waals surface area contributed by atoms with Crippen molar-refractivity contribution in [1.29, 1.82) is 0 Å². The molecule has 0 unspecified atom stereocenters. The minimum absolute atomic E-state index is 0.0717. The molecule has 0 saturated carbocycles. The van der Waals surface area contributed by atoms with E-state index in [0.29, 0.717) is 25.2 Å². The zero-order chi connectivity index (χ0) is 19.0. The van der Waals surface area contributed by atoms with E-state index in [4.69, 9.17) is 0 Å². The number of aryl methyl sites for hydroxylation is 1. The van der Waals surface area contributed by atoms with E-state index in [0.717, 1.165) is 6.42 Å². The molecule has 0 aromatic heterocycles. The second kappa shape index (κ2) is 9.53. The van der Waals surface area contributed by atoms with Gasteiger partial charge in [-0.15, -0.1) is 0 Å². The Labute approximate surface area is 149 Å². The smallest absolute Gasteiger partial charge is 0.252 e. The van der Waals surface area contributed by atoms with Gasteiger partial charge in [-0.05, 0) is 31.0 Å². The largest absolute Gasteiger partial charge is 0.355 e. The van der Waals surface area contributed by atoms with Gasteiger partial charge in [0.15, 0.2) is 0 Å². The summed E-state index contributed by atoms with van der Waals surface area (Å²) >= 11 is 0. The van der Waals surface area contributed by atoms with Crippen LogP contribution in [0.3, 0.4) is 0 Å². The first-order valence-corrected chi connectivity index (χ1v) is 9.87. The summed E-state index contributed by atoms with van der Waals surface area (Å²) < 4.78 is 26.5. The van der Waals surface area contributed by atoms with Crippen molar-refractivity contribution >= 4 is 21.8 Å². The van der Waals surface area contributed by atoms with Crippen LogP contribution < -0.4 is 10.6 Å². The number of benzene rings is 1. The molecule has 0 radical (unpaired) electrons. The molecule has 0 fully saturated rings. The Morgan fingerprint density at radius 3 is 2.28 bits per heavy atom. The molecule has 0 atom stereocenters. The van der Waals surface area contributed by atoms with E-state index < -0.39 is 15.9 Å². The highest BCUT2D eigenvalue weighted by Gasteiger charge is 2.23. The van der Waals surface area contributed by atoms with Crippen LogP contribution in [0.1, 0.15) is 43.1 Å². The molecule has 2 N–H and O–H groups in total. The predicted octanol–water partition coefficient (Wildman–Crippen LogP) is 1.28. The van der Waals surface area contributed by atoms with Crippen LogP contribution in [-0.4, -0.2) is 50.7 Å². The highest BCUT2D eigenvalue weighted by atomic mass is 32.2. The molecule has 0 spiro atoms. The van der Waals surface area contributed by atoms with Crippen LogP contribution in [0.5, 0.6) is 0 Å². The molecule has 1 aromatic carbocycles. The zero-order valence-corrected chi connectivity index (χ0v) is 16.1. The standard InChI is InChI=1S/C17H27N3O4S/c1-5-10-18-16(21)12-19-17(22)15-11-14(9-8-13(15)4)25(23,24)20(6-2)7-3/h8-9,11H,5-7,10,12H2,1-4H3,(H,18,21)(H,19,22). The number of nitrogens with zero attached hydrogens (tertiary/aromatic N) is 1. The maximum absolute atomic E-state index is 12.6. The molecular formula is C17H27N3O4S. The van der Waals surface area contributed by atoms with Gasteiger partial charge in [0.25, 0.3) is 5.91 Å². The van der Waals surface area contributed by atoms with Crippen molar-refractivity contribution < 1.29 is 18.0 Å². The first-order chi connectivity index (χ1) is 11.8. The fourth-order valence-electron chi connectivity index (χ4n) is 2.30. The third-order valence-corrected chi connectivity index (χ3v) is 5.82. The lowest BCUT2D eigenvalue weighted by Crippen LogP contribution is -2.37. The second-order valence-corrected chi connectivity index (χ2v) is 7.54. The van der Waals surface area contributed by atoms with Gasteiger partial charge in [0.05, 0.1) is 11.4 Å². The number of hydrogen-bond acceptors (Lipinski definition) is 4. The predicted molar refractivity (Wildman–Crippen MR) is 96.9 cm³/mol. The van der Waals surface area contributed by atoms with Crippen LogP contribution in [0.2, 0.25) is 0 Å². The molecule has 0 aliphatic heterocycles. The molecule has 0 heterocycles. The van der Waals surface area contributed by atoms with Crippen LogP contribution >= 0.6 is 0 Å². The molecule has 1 aromatic rings. The number of nitrogens with one attached hydrogen (secondary N) is 2. The summed E-state index contributed by atoms with van der Waals surface area (Å²) in [5.74, 6) is -0.750. The van der Waals surface area contributed by atoms with Crippen molar-refractivity contribution in [2.45, 2.75) is 39.0 Å². The SMILES string of the molecule is CCCNC(=O)CNC(=O)c1cc(S(=O)(=O)N(CC)CC)ccc1C. The fraction of sp³-hybridized carbons (Fsp3) is 0.529. The number of carbonyl (C=O) groups excluding carboxylic acids is 2. The van der Waals surface area contributed by atoms with E-state index in [1.807, 2.05) is 6.92 Å². The maximum Gasteiger partial charge on any atom is 0.252 e. The van der Waals surface area contributed by atoms with Crippen LogP contribution in [0.15, 0.2) is 23.1 Å². The van der Waals surface area contributed by atoms with Gasteiger partial charge < -0.3 is 10.6 Å². The Balaban J connectivity index is 2.98. The quantitative estimate of drug-likeness (QED) is 0.685. The Kier molecular flexibility index (Phi) is 8.05. The Bertz CT molecular complexity index is 713. The zero-order valence-electron chi connectivity index (χ0n) is 15.3. The second-order valence-electron chi connectivity index (χ2n) is 5.60. The van der Waals surface area contributed by atoms with Gasteiger partial charge in [-0.1, -0.05) is 26.8 Å². The van der Waals surface area contributed by atoms with Gasteiger partial charge in [-0.3, -0.25) is 9.59 Å². The lowest BCUT2D eigenvalue weighted by molar-refractivity contribution is -0.120. The topological polar surface area (TPSA) is 95.6 Å². The third-order valence-electron chi connectivity index (χ3n) is 3.78. The van der Waals surface area contributed by atoms with E-state index in [-0.39, 0.29) is 22.9 Å². The first-order valence-electron chi connectivity index (χ1n) is 8.43. The van der Waals surface area contributed by atoms with E-state index in [1.165, 1.54) is 16.4 Å². The van der Waals surface area contributed by atoms with Gasteiger partial charge in [0.2, 0.25) is 15.9 Å². The fourth-order valence-corrected chi connectivity index (χ4v) is 3.79. The summed E-state index contributed by atoms with van der Waals surface area (Å²) in [7, 11) is -3.64. The summed E-state index contributed by atoms with van der Waals surface area (Å²) in [4.78, 5) is 24.0. The van der Waals surface area contributed by atoms with Crippen molar-refractivity contribution in [2.75, 3.05) is 26.2 Å². The summed E-state index contributed by atoms with van der Waals surface area (Å²) in [5, 5.41) is 5.19. The molecule has 1 rings (SSSR count). The van der Waals surface area contributed by atoms with Crippen LogP contribution in [0.4, 0.5) is 0 Å². The molecule has 0 saturated heterocycles. The molecule has 2 amide bonds. The summed E-state index contributed by atoms with van der Waals surface area (Å²) in [5.41, 5.74) is 0.890. The number of carbonyl (C=O) groups is 2. The molecule has 7 nitrogen and oxygen atoms in total. The van der Waals surface area contributed by atoms with Gasteiger partial charge in [-0.2, -0.15) is 4.31 Å². The molecular weight excluding hydrogens is 342 g/mol. The normalized spacial score (nSPS) is 11.4. The van der Waals surface area contributed by atoms with E-state index >= 15 is 0 Å². The summed E-state index contributed by atoms with van der Waals surface area (Å²) in [6, 6.07) is 4.46. The van der Waals surface area contributed by atoms with Gasteiger partial charge >= 0.3 is 0 Å². The highest BCUT2D eigenvalue weighted by molar-refractivity contribution is 7.89. The van der Waals surface area contributed by atoms with Gasteiger partial charge in [-0.25, -0.2) is 8.42 Å². The Hall–Kier alpha value is -1.93. The van der Waals surface area contributed by atoms with Crippen molar-refractivity contribution in [1.82, 2.24) is 14.9 Å². The Morgan fingerprint density at radius 2 is 1.72 bits per heavy atom. The minimum Gasteiger partial charge on any atom is -0.355 e. The van der Waals surface area contributed by atoms with Crippen LogP contribution in [0, 0.1) is 6.92 Å². The average molecular weight is 369 g/mol. The van der Waals surface area contributed by atoms with Gasteiger partial charge in [0.1, 0.15) is 0 Å². The molecule has 0 aliphatic carbocycles. The first kappa shape index (κ1) is 21.1. The highest BCUT2D eigenvalue weighted by Crippen LogP contribution is 2.19. The number of rotatable bonds is 9. The van der Waals surface area contributed by atoms with Gasteiger partial charge in [0, 0.05) is 25.2 Å². The van der Waals surface area contributed by atoms with E-state index in [1.54, 1.807) is 26.8 Å². The number of hydrogen-bond donors (Lipinski definition) is 2. The lowest BCUT2D eigenvalue weighted by Gasteiger charge is -2.19. The summed E-state index contributed by atoms with van der Waals surface area (Å²) in [6.07, 6.45) is 0.810. The van der Waals surface area contributed by atoms with Crippen LogP contribution in [-0.2, 0) is 14.8 Å². The molecule has 8 heteroatoms. The monoisotopic (exact) mass is 369 g/mol. The van der Waals surface area contributed by atoms with E-state index in [9.17, 15) is 18.0 Å². The molecule has 25 heavy (non-hydrogen) atoms. The molecule has 0 bridgehead atoms. The third kappa shape index (κ3) is 5.54. The molecule has 140 valence electrons. The summed E-state index contributed by atoms with van der Waals surface area (Å²) in [6.45, 7) is 8.29. The average Bonchev–Trinajstić information content (AvgIpc) is 2.58. The minimum atomic E-state index is -3.64. The van der Waals surface area contributed by atoms with Crippen LogP contribution in [0.25, 0.3) is 0 Å². The van der Waals surface area contributed by atoms with E-state index in [2.05, 4.69) is 10.6 Å². The van der Waals surface area contributed by atoms with Crippen molar-refractivity contribution in [2.24, 2.45) is 0 Å². The molecule has 0 aliphatic rings. The Morgan fingerprint density at radius 1 is 1.08 bits per heavy atom.